The summed E-state index contributed by atoms with van der Waals surface area (Å²) < 4.78 is 11.0. The van der Waals surface area contributed by atoms with Gasteiger partial charge in [-0.3, -0.25) is 4.79 Å². The van der Waals surface area contributed by atoms with Gasteiger partial charge in [0, 0.05) is 28.5 Å². The third-order valence-corrected chi connectivity index (χ3v) is 6.70. The van der Waals surface area contributed by atoms with Crippen LogP contribution in [0.4, 0.5) is 0 Å². The van der Waals surface area contributed by atoms with Crippen molar-refractivity contribution in [1.29, 1.82) is 0 Å². The van der Waals surface area contributed by atoms with Gasteiger partial charge in [0.2, 0.25) is 0 Å². The second-order valence-corrected chi connectivity index (χ2v) is 8.99. The zero-order valence-corrected chi connectivity index (χ0v) is 18.9. The Kier molecular flexibility index (Phi) is 7.34. The summed E-state index contributed by atoms with van der Waals surface area (Å²) >= 11 is 1.43. The van der Waals surface area contributed by atoms with Gasteiger partial charge in [0.05, 0.1) is 0 Å². The minimum Gasteiger partial charge on any atom is -0.484 e. The lowest BCUT2D eigenvalue weighted by atomic mass is 9.91. The van der Waals surface area contributed by atoms with E-state index < -0.39 is 17.9 Å². The number of aryl methyl sites for hydroxylation is 1. The number of carboxylic acids is 1. The van der Waals surface area contributed by atoms with Crippen molar-refractivity contribution in [1.82, 2.24) is 5.32 Å². The molecule has 0 fully saturated rings. The zero-order valence-electron chi connectivity index (χ0n) is 18.0. The van der Waals surface area contributed by atoms with Gasteiger partial charge in [-0.1, -0.05) is 30.3 Å². The predicted molar refractivity (Wildman–Crippen MR) is 127 cm³/mol. The van der Waals surface area contributed by atoms with Crippen molar-refractivity contribution in [2.45, 2.75) is 37.5 Å². The van der Waals surface area contributed by atoms with E-state index in [2.05, 4.69) is 5.32 Å². The summed E-state index contributed by atoms with van der Waals surface area (Å²) in [6.07, 6.45) is 3.61. The number of hydrogen-bond acceptors (Lipinski definition) is 6. The third-order valence-electron chi connectivity index (χ3n) is 5.59. The van der Waals surface area contributed by atoms with Gasteiger partial charge in [0.1, 0.15) is 17.4 Å². The van der Waals surface area contributed by atoms with E-state index in [-0.39, 0.29) is 18.0 Å². The minimum absolute atomic E-state index is 0.238. The molecule has 1 aromatic heterocycles. The largest absolute Gasteiger partial charge is 0.484 e. The summed E-state index contributed by atoms with van der Waals surface area (Å²) in [6, 6.07) is 13.9. The highest BCUT2D eigenvalue weighted by Gasteiger charge is 2.21. The molecule has 0 bridgehead atoms. The van der Waals surface area contributed by atoms with Gasteiger partial charge in [-0.15, -0.1) is 0 Å². The molecule has 1 aliphatic rings. The number of carbonyl (C=O) groups excluding carboxylic acids is 1. The van der Waals surface area contributed by atoms with Crippen LogP contribution in [0, 0.1) is 0 Å². The molecule has 33 heavy (non-hydrogen) atoms. The van der Waals surface area contributed by atoms with E-state index in [1.165, 1.54) is 11.8 Å². The smallest absolute Gasteiger partial charge is 0.339 e. The molecule has 2 N–H and O–H groups in total. The Labute approximate surface area is 195 Å². The lowest BCUT2D eigenvalue weighted by Gasteiger charge is -2.17. The quantitative estimate of drug-likeness (QED) is 0.464. The molecule has 3 aromatic rings. The first kappa shape index (κ1) is 22.9. The van der Waals surface area contributed by atoms with Crippen molar-refractivity contribution < 1.29 is 23.8 Å². The van der Waals surface area contributed by atoms with Gasteiger partial charge in [0.25, 0.3) is 5.91 Å². The first-order valence-corrected chi connectivity index (χ1v) is 12.0. The number of rotatable bonds is 9. The highest BCUT2D eigenvalue weighted by Crippen LogP contribution is 2.29. The first-order chi connectivity index (χ1) is 16.0. The zero-order chi connectivity index (χ0) is 23.2. The molecule has 0 saturated heterocycles. The van der Waals surface area contributed by atoms with Crippen LogP contribution < -0.4 is 15.7 Å². The number of hydrogen-bond donors (Lipinski definition) is 2. The second kappa shape index (κ2) is 10.6. The van der Waals surface area contributed by atoms with Crippen molar-refractivity contribution in [3.8, 4) is 5.75 Å². The maximum absolute atomic E-state index is 12.3. The average molecular weight is 468 g/mol. The number of carbonyl (C=O) groups is 2. The summed E-state index contributed by atoms with van der Waals surface area (Å²) in [6.45, 7) is -0.339. The Balaban J connectivity index is 1.34. The fraction of sp³-hybridized carbons (Fsp3) is 0.320. The standard InChI is InChI=1S/C25H25NO6S/c27-23(26-21(24(28)29)15-33-14-16-6-2-1-3-7-16)13-31-17-10-11-19-18-8-4-5-9-20(18)25(30)32-22(19)12-17/h1-3,6-7,10-12,21H,4-5,8-9,13-15H2,(H,26,27)(H,28,29)/t21-/m0/s1. The number of fused-ring (bicyclic) bond motifs is 3. The van der Waals surface area contributed by atoms with Crippen molar-refractivity contribution >= 4 is 34.6 Å². The van der Waals surface area contributed by atoms with Crippen LogP contribution in [0.15, 0.2) is 57.7 Å². The number of carboxylic acid groups (broad SMARTS) is 1. The third kappa shape index (κ3) is 5.76. The van der Waals surface area contributed by atoms with Gasteiger partial charge >= 0.3 is 11.6 Å². The van der Waals surface area contributed by atoms with Crippen LogP contribution in [0.2, 0.25) is 0 Å². The first-order valence-electron chi connectivity index (χ1n) is 10.9. The average Bonchev–Trinajstić information content (AvgIpc) is 2.82. The summed E-state index contributed by atoms with van der Waals surface area (Å²) in [5.74, 6) is -0.358. The van der Waals surface area contributed by atoms with Crippen LogP contribution in [0.25, 0.3) is 11.0 Å². The molecule has 0 unspecified atom stereocenters. The Morgan fingerprint density at radius 3 is 2.61 bits per heavy atom. The highest BCUT2D eigenvalue weighted by molar-refractivity contribution is 7.98. The monoisotopic (exact) mass is 467 g/mol. The summed E-state index contributed by atoms with van der Waals surface area (Å²) in [5, 5.41) is 12.8. The van der Waals surface area contributed by atoms with E-state index in [0.29, 0.717) is 17.1 Å². The van der Waals surface area contributed by atoms with Crippen LogP contribution in [-0.4, -0.2) is 35.4 Å². The highest BCUT2D eigenvalue weighted by atomic mass is 32.2. The second-order valence-electron chi connectivity index (χ2n) is 7.96. The Bertz CT molecular complexity index is 1210. The van der Waals surface area contributed by atoms with E-state index in [1.54, 1.807) is 12.1 Å². The van der Waals surface area contributed by atoms with Crippen molar-refractivity contribution in [2.24, 2.45) is 0 Å². The van der Waals surface area contributed by atoms with Crippen molar-refractivity contribution in [3.05, 3.63) is 75.6 Å². The fourth-order valence-electron chi connectivity index (χ4n) is 3.94. The number of thioether (sulfide) groups is 1. The lowest BCUT2D eigenvalue weighted by molar-refractivity contribution is -0.141. The van der Waals surface area contributed by atoms with Crippen LogP contribution >= 0.6 is 11.8 Å². The number of benzene rings is 2. The minimum atomic E-state index is -1.10. The molecule has 4 rings (SSSR count). The van der Waals surface area contributed by atoms with E-state index in [1.807, 2.05) is 36.4 Å². The molecule has 2 aromatic carbocycles. The van der Waals surface area contributed by atoms with Crippen LogP contribution in [0.1, 0.15) is 29.5 Å². The predicted octanol–water partition coefficient (Wildman–Crippen LogP) is 3.55. The van der Waals surface area contributed by atoms with E-state index in [9.17, 15) is 19.5 Å². The Morgan fingerprint density at radius 1 is 1.09 bits per heavy atom. The maximum atomic E-state index is 12.3. The number of nitrogens with one attached hydrogen (secondary N) is 1. The number of ether oxygens (including phenoxy) is 1. The Morgan fingerprint density at radius 2 is 1.85 bits per heavy atom. The molecule has 7 nitrogen and oxygen atoms in total. The molecule has 1 amide bonds. The fourth-order valence-corrected chi connectivity index (χ4v) is 4.95. The molecule has 8 heteroatoms. The molecular formula is C25H25NO6S. The molecule has 1 aliphatic carbocycles. The molecule has 1 atom stereocenters. The molecule has 0 saturated carbocycles. The van der Waals surface area contributed by atoms with Crippen molar-refractivity contribution in [2.75, 3.05) is 12.4 Å². The molecule has 1 heterocycles. The summed E-state index contributed by atoms with van der Waals surface area (Å²) in [5.41, 5.74) is 3.00. The van der Waals surface area contributed by atoms with Crippen LogP contribution in [0.5, 0.6) is 5.75 Å². The lowest BCUT2D eigenvalue weighted by Crippen LogP contribution is -2.44. The van der Waals surface area contributed by atoms with Gasteiger partial charge in [-0.25, -0.2) is 9.59 Å². The van der Waals surface area contributed by atoms with Gasteiger partial charge in [-0.05, 0) is 48.9 Å². The molecule has 0 aliphatic heterocycles. The normalized spacial score (nSPS) is 13.8. The summed E-state index contributed by atoms with van der Waals surface area (Å²) in [4.78, 5) is 36.1. The Hall–Kier alpha value is -3.26. The van der Waals surface area contributed by atoms with E-state index in [0.717, 1.165) is 47.8 Å². The van der Waals surface area contributed by atoms with Gasteiger partial charge < -0.3 is 19.6 Å². The van der Waals surface area contributed by atoms with Crippen molar-refractivity contribution in [3.63, 3.8) is 0 Å². The van der Waals surface area contributed by atoms with Crippen LogP contribution in [0.3, 0.4) is 0 Å². The SMILES string of the molecule is O=C(COc1ccc2c3c(c(=O)oc2c1)CCCC3)N[C@@H](CSCc1ccccc1)C(=O)O. The van der Waals surface area contributed by atoms with E-state index in [4.69, 9.17) is 9.15 Å². The molecule has 0 radical (unpaired) electrons. The number of aliphatic carboxylic acids is 1. The molecular weight excluding hydrogens is 442 g/mol. The molecule has 172 valence electrons. The van der Waals surface area contributed by atoms with Gasteiger partial charge in [-0.2, -0.15) is 11.8 Å². The topological polar surface area (TPSA) is 106 Å². The summed E-state index contributed by atoms with van der Waals surface area (Å²) in [7, 11) is 0. The maximum Gasteiger partial charge on any atom is 0.339 e. The van der Waals surface area contributed by atoms with Crippen LogP contribution in [-0.2, 0) is 28.2 Å². The van der Waals surface area contributed by atoms with Gasteiger partial charge in [0.15, 0.2) is 6.61 Å². The number of amides is 1. The molecule has 0 spiro atoms. The van der Waals surface area contributed by atoms with E-state index >= 15 is 0 Å².